The number of nitrogens with one attached hydrogen (secondary N) is 1. The molecule has 0 aliphatic heterocycles. The summed E-state index contributed by atoms with van der Waals surface area (Å²) in [5.41, 5.74) is 0.0569. The third-order valence-electron chi connectivity index (χ3n) is 5.94. The van der Waals surface area contributed by atoms with Crippen molar-refractivity contribution in [3.63, 3.8) is 0 Å². The van der Waals surface area contributed by atoms with Crippen LogP contribution >= 0.6 is 0 Å². The van der Waals surface area contributed by atoms with Gasteiger partial charge in [-0.2, -0.15) is 5.26 Å². The van der Waals surface area contributed by atoms with Gasteiger partial charge >= 0.3 is 0 Å². The minimum absolute atomic E-state index is 0.0224. The van der Waals surface area contributed by atoms with Gasteiger partial charge < -0.3 is 15.0 Å². The van der Waals surface area contributed by atoms with Crippen molar-refractivity contribution < 1.29 is 9.53 Å². The lowest BCUT2D eigenvalue weighted by atomic mass is 9.91. The molecule has 0 aromatic heterocycles. The molecular formula is C24H49N3O2. The van der Waals surface area contributed by atoms with Crippen LogP contribution in [0.2, 0.25) is 0 Å². The minimum Gasteiger partial charge on any atom is -0.378 e. The van der Waals surface area contributed by atoms with Crippen LogP contribution in [0.25, 0.3) is 0 Å². The van der Waals surface area contributed by atoms with Gasteiger partial charge in [0.15, 0.2) is 0 Å². The zero-order chi connectivity index (χ0) is 22.9. The molecule has 0 saturated heterocycles. The molecule has 1 saturated carbocycles. The molecule has 0 spiro atoms. The predicted octanol–water partition coefficient (Wildman–Crippen LogP) is 5.40. The zero-order valence-corrected chi connectivity index (χ0v) is 20.8. The lowest BCUT2D eigenvalue weighted by Gasteiger charge is -2.26. The number of nitrogens with zero attached hydrogens (tertiary/aromatic N) is 2. The van der Waals surface area contributed by atoms with Crippen LogP contribution in [0.3, 0.4) is 0 Å². The number of amides is 1. The molecule has 1 rings (SSSR count). The van der Waals surface area contributed by atoms with Crippen molar-refractivity contribution in [1.82, 2.24) is 10.2 Å². The molecule has 0 aromatic carbocycles. The molecule has 29 heavy (non-hydrogen) atoms. The molecule has 172 valence electrons. The molecule has 1 aliphatic carbocycles. The lowest BCUT2D eigenvalue weighted by Crippen LogP contribution is -2.43. The fraction of sp³-hybridized carbons (Fsp3) is 0.917. The van der Waals surface area contributed by atoms with Crippen LogP contribution in [-0.2, 0) is 9.53 Å². The van der Waals surface area contributed by atoms with Crippen molar-refractivity contribution in [3.05, 3.63) is 0 Å². The molecule has 0 heterocycles. The minimum atomic E-state index is -0.361. The zero-order valence-electron chi connectivity index (χ0n) is 20.8. The topological polar surface area (TPSA) is 65.4 Å². The molecular weight excluding hydrogens is 362 g/mol. The summed E-state index contributed by atoms with van der Waals surface area (Å²) in [4.78, 5) is 14.0. The second-order valence-electron chi connectivity index (χ2n) is 7.44. The molecule has 0 radical (unpaired) electrons. The summed E-state index contributed by atoms with van der Waals surface area (Å²) in [6, 6.07) is 1.80. The van der Waals surface area contributed by atoms with Gasteiger partial charge in [-0.15, -0.1) is 0 Å². The Hall–Kier alpha value is -1.12. The molecule has 1 N–H and O–H groups in total. The van der Waals surface area contributed by atoms with Crippen LogP contribution in [0, 0.1) is 23.2 Å². The average molecular weight is 412 g/mol. The molecule has 0 aromatic rings. The Balaban J connectivity index is 0. The first-order chi connectivity index (χ1) is 14.0. The van der Waals surface area contributed by atoms with Crippen LogP contribution in [0.4, 0.5) is 0 Å². The number of carbonyl (C=O) groups is 1. The van der Waals surface area contributed by atoms with Crippen LogP contribution in [0.15, 0.2) is 0 Å². The standard InChI is InChI=1S/C20H37N3O2.2C2H6/c1-6-11-23(16(4)14-21)19(24)15-22-10-9-18-13-20(8-3,25-5)12-17(18)7-2;2*1-2/h16-18,22H,6-13,15H2,1-5H3;2*1-2H3/t16?,17-,18+,20?;;/m1../s1. The monoisotopic (exact) mass is 411 g/mol. The fourth-order valence-corrected chi connectivity index (χ4v) is 4.22. The van der Waals surface area contributed by atoms with Crippen LogP contribution in [0.1, 0.15) is 93.9 Å². The summed E-state index contributed by atoms with van der Waals surface area (Å²) < 4.78 is 5.84. The van der Waals surface area contributed by atoms with E-state index in [1.807, 2.05) is 41.7 Å². The van der Waals surface area contributed by atoms with E-state index in [0.717, 1.165) is 38.6 Å². The number of hydrogen-bond donors (Lipinski definition) is 1. The van der Waals surface area contributed by atoms with Gasteiger partial charge in [0.05, 0.1) is 18.2 Å². The van der Waals surface area contributed by atoms with Crippen molar-refractivity contribution in [2.45, 2.75) is 106 Å². The van der Waals surface area contributed by atoms with Crippen LogP contribution in [-0.4, -0.2) is 49.2 Å². The second kappa shape index (κ2) is 17.7. The first-order valence-electron chi connectivity index (χ1n) is 11.9. The third kappa shape index (κ3) is 9.96. The molecule has 4 atom stereocenters. The Morgan fingerprint density at radius 3 is 2.24 bits per heavy atom. The van der Waals surface area contributed by atoms with Crippen LogP contribution < -0.4 is 5.32 Å². The van der Waals surface area contributed by atoms with Gasteiger partial charge in [-0.1, -0.05) is 54.9 Å². The van der Waals surface area contributed by atoms with E-state index in [4.69, 9.17) is 10.00 Å². The van der Waals surface area contributed by atoms with E-state index in [1.165, 1.54) is 6.42 Å². The van der Waals surface area contributed by atoms with E-state index in [-0.39, 0.29) is 17.6 Å². The maximum atomic E-state index is 12.3. The number of hydrogen-bond acceptors (Lipinski definition) is 4. The number of nitriles is 1. The summed E-state index contributed by atoms with van der Waals surface area (Å²) in [5.74, 6) is 1.40. The number of methoxy groups -OCH3 is 1. The summed E-state index contributed by atoms with van der Waals surface area (Å²) in [5, 5.41) is 12.4. The van der Waals surface area contributed by atoms with Gasteiger partial charge in [-0.25, -0.2) is 0 Å². The van der Waals surface area contributed by atoms with Gasteiger partial charge in [-0.3, -0.25) is 4.79 Å². The van der Waals surface area contributed by atoms with Crippen molar-refractivity contribution in [3.8, 4) is 6.07 Å². The van der Waals surface area contributed by atoms with Gasteiger partial charge in [-0.05, 0) is 57.4 Å². The summed E-state index contributed by atoms with van der Waals surface area (Å²) in [7, 11) is 1.84. The van der Waals surface area contributed by atoms with Crippen molar-refractivity contribution in [2.75, 3.05) is 26.7 Å². The fourth-order valence-electron chi connectivity index (χ4n) is 4.22. The highest BCUT2D eigenvalue weighted by Gasteiger charge is 2.43. The first-order valence-corrected chi connectivity index (χ1v) is 11.9. The Kier molecular flexibility index (Phi) is 18.4. The maximum absolute atomic E-state index is 12.3. The van der Waals surface area contributed by atoms with Crippen molar-refractivity contribution >= 4 is 5.91 Å². The maximum Gasteiger partial charge on any atom is 0.237 e. The van der Waals surface area contributed by atoms with E-state index in [2.05, 4.69) is 25.2 Å². The van der Waals surface area contributed by atoms with Crippen molar-refractivity contribution in [2.24, 2.45) is 11.8 Å². The quantitative estimate of drug-likeness (QED) is 0.462. The summed E-state index contributed by atoms with van der Waals surface area (Å²) >= 11 is 0. The summed E-state index contributed by atoms with van der Waals surface area (Å²) in [6.45, 7) is 18.1. The lowest BCUT2D eigenvalue weighted by molar-refractivity contribution is -0.131. The highest BCUT2D eigenvalue weighted by molar-refractivity contribution is 5.78. The van der Waals surface area contributed by atoms with E-state index in [1.54, 1.807) is 11.8 Å². The number of carbonyl (C=O) groups excluding carboxylic acids is 1. The smallest absolute Gasteiger partial charge is 0.237 e. The Labute approximate surface area is 181 Å². The molecule has 1 aliphatic rings. The molecule has 0 bridgehead atoms. The Morgan fingerprint density at radius 1 is 1.21 bits per heavy atom. The third-order valence-corrected chi connectivity index (χ3v) is 5.94. The Bertz CT molecular complexity index is 444. The van der Waals surface area contributed by atoms with Gasteiger partial charge in [0.2, 0.25) is 5.91 Å². The molecule has 5 heteroatoms. The normalized spacial score (nSPS) is 23.7. The Morgan fingerprint density at radius 2 is 1.79 bits per heavy atom. The first kappa shape index (κ1) is 30.1. The molecule has 2 unspecified atom stereocenters. The van der Waals surface area contributed by atoms with E-state index in [0.29, 0.717) is 24.9 Å². The molecule has 1 amide bonds. The summed E-state index contributed by atoms with van der Waals surface area (Å²) in [6.07, 6.45) is 6.50. The molecule has 5 nitrogen and oxygen atoms in total. The predicted molar refractivity (Wildman–Crippen MR) is 124 cm³/mol. The number of rotatable bonds is 11. The average Bonchev–Trinajstić information content (AvgIpc) is 3.15. The highest BCUT2D eigenvalue weighted by atomic mass is 16.5. The van der Waals surface area contributed by atoms with Crippen LogP contribution in [0.5, 0.6) is 0 Å². The van der Waals surface area contributed by atoms with Gasteiger partial charge in [0, 0.05) is 13.7 Å². The van der Waals surface area contributed by atoms with Gasteiger partial charge in [0.1, 0.15) is 6.04 Å². The highest BCUT2D eigenvalue weighted by Crippen LogP contribution is 2.46. The number of ether oxygens (including phenoxy) is 1. The second-order valence-corrected chi connectivity index (χ2v) is 7.44. The molecule has 1 fully saturated rings. The van der Waals surface area contributed by atoms with Crippen molar-refractivity contribution in [1.29, 1.82) is 5.26 Å². The van der Waals surface area contributed by atoms with E-state index in [9.17, 15) is 4.79 Å². The largest absolute Gasteiger partial charge is 0.378 e. The van der Waals surface area contributed by atoms with E-state index >= 15 is 0 Å². The van der Waals surface area contributed by atoms with Gasteiger partial charge in [0.25, 0.3) is 0 Å². The SMILES string of the molecule is CC.CC.CCCN(C(=O)CNCC[C@H]1CC(CC)(OC)C[C@H]1CC)C(C)C#N. The van der Waals surface area contributed by atoms with E-state index < -0.39 is 0 Å².